The third-order valence-corrected chi connectivity index (χ3v) is 8.27. The predicted octanol–water partition coefficient (Wildman–Crippen LogP) is 1.55. The second-order valence-electron chi connectivity index (χ2n) is 13.1. The smallest absolute Gasteiger partial charge is 0.408 e. The number of rotatable bonds is 12. The fourth-order valence-corrected chi connectivity index (χ4v) is 5.95. The van der Waals surface area contributed by atoms with Gasteiger partial charge in [0.05, 0.1) is 5.69 Å². The van der Waals surface area contributed by atoms with Gasteiger partial charge in [-0.1, -0.05) is 49.6 Å². The van der Waals surface area contributed by atoms with E-state index < -0.39 is 60.2 Å². The molecule has 2 fully saturated rings. The number of aliphatic hydroxyl groups excluding tert-OH is 1. The van der Waals surface area contributed by atoms with Crippen LogP contribution in [0.4, 0.5) is 4.79 Å². The van der Waals surface area contributed by atoms with Crippen molar-refractivity contribution in [1.82, 2.24) is 10.3 Å². The monoisotopic (exact) mass is 665 g/mol. The van der Waals surface area contributed by atoms with E-state index in [1.54, 1.807) is 45.0 Å². The van der Waals surface area contributed by atoms with Gasteiger partial charge in [0.1, 0.15) is 42.2 Å². The molecule has 0 unspecified atom stereocenters. The van der Waals surface area contributed by atoms with Gasteiger partial charge in [0, 0.05) is 12.8 Å². The molecule has 5 atom stereocenters. The van der Waals surface area contributed by atoms with Gasteiger partial charge in [-0.15, -0.1) is 0 Å². The number of carbonyl (C=O) groups excluding carboxylic acids is 3. The first-order valence-electron chi connectivity index (χ1n) is 16.1. The van der Waals surface area contributed by atoms with Gasteiger partial charge >= 0.3 is 18.0 Å². The summed E-state index contributed by atoms with van der Waals surface area (Å²) in [7, 11) is 0. The number of nitrogens with two attached hydrogens (primary N) is 2. The van der Waals surface area contributed by atoms with Crippen molar-refractivity contribution in [3.63, 3.8) is 0 Å². The highest BCUT2D eigenvalue weighted by atomic mass is 16.6. The van der Waals surface area contributed by atoms with E-state index in [1.165, 1.54) is 12.1 Å². The average molecular weight is 666 g/mol. The fourth-order valence-electron chi connectivity index (χ4n) is 5.95. The van der Waals surface area contributed by atoms with Crippen molar-refractivity contribution in [2.75, 3.05) is 6.61 Å². The molecule has 1 aromatic carbocycles. The minimum Gasteiger partial charge on any atom is -0.461 e. The standard InChI is InChI=1S/C34H44N6O8/c1-33(2,3)48-32(44)40-24(16-21-10-6-4-7-11-21)31(43)45-18-25-28(46-27(41)17-22-12-8-5-9-13-22)29(42)34(19-35,47-25)26-15-14-23(39-26)30(37)38-20-36/h4,6-7,10-11,14-15,20,22,24-25,28-29,39,42H,5,8-9,12-13,16-18H2,1-3H3,(H,40,44)(H3,36,37,38)/p+1/t24-,25+,28+,29+,34-/m0/s1. The third kappa shape index (κ3) is 9.20. The van der Waals surface area contributed by atoms with Gasteiger partial charge in [-0.25, -0.2) is 9.59 Å². The maximum Gasteiger partial charge on any atom is 0.408 e. The summed E-state index contributed by atoms with van der Waals surface area (Å²) in [4.78, 5) is 46.0. The van der Waals surface area contributed by atoms with Crippen LogP contribution in [-0.4, -0.2) is 76.9 Å². The zero-order valence-electron chi connectivity index (χ0n) is 27.5. The summed E-state index contributed by atoms with van der Waals surface area (Å²) in [6.07, 6.45) is 1.04. The summed E-state index contributed by atoms with van der Waals surface area (Å²) >= 11 is 0. The molecule has 14 nitrogen and oxygen atoms in total. The quantitative estimate of drug-likeness (QED) is 0.0952. The largest absolute Gasteiger partial charge is 0.461 e. The number of esters is 2. The molecule has 0 spiro atoms. The number of nitriles is 1. The highest BCUT2D eigenvalue weighted by Gasteiger charge is 2.59. The Morgan fingerprint density at radius 3 is 2.56 bits per heavy atom. The van der Waals surface area contributed by atoms with Crippen LogP contribution in [0, 0.1) is 17.2 Å². The van der Waals surface area contributed by atoms with E-state index in [0.717, 1.165) is 44.0 Å². The summed E-state index contributed by atoms with van der Waals surface area (Å²) in [5, 5.41) is 29.9. The van der Waals surface area contributed by atoms with Crippen molar-refractivity contribution in [2.45, 2.75) is 101 Å². The molecule has 1 aliphatic carbocycles. The lowest BCUT2D eigenvalue weighted by atomic mass is 9.87. The molecule has 258 valence electrons. The van der Waals surface area contributed by atoms with E-state index in [0.29, 0.717) is 5.69 Å². The van der Waals surface area contributed by atoms with Crippen LogP contribution in [0.5, 0.6) is 0 Å². The molecular weight excluding hydrogens is 620 g/mol. The van der Waals surface area contributed by atoms with Gasteiger partial charge < -0.3 is 40.1 Å². The first kappa shape index (κ1) is 36.1. The Bertz CT molecular complexity index is 1510. The number of aromatic amines is 1. The Morgan fingerprint density at radius 2 is 1.92 bits per heavy atom. The van der Waals surface area contributed by atoms with Gasteiger partial charge in [-0.3, -0.25) is 10.2 Å². The molecule has 7 N–H and O–H groups in total. The number of amidine groups is 1. The van der Waals surface area contributed by atoms with Crippen LogP contribution < -0.4 is 16.5 Å². The number of hydrogen-bond donors (Lipinski definition) is 5. The van der Waals surface area contributed by atoms with Crippen molar-refractivity contribution >= 4 is 30.2 Å². The molecule has 1 saturated carbocycles. The van der Waals surface area contributed by atoms with Crippen LogP contribution in [0.1, 0.15) is 76.2 Å². The highest BCUT2D eigenvalue weighted by Crippen LogP contribution is 2.41. The zero-order chi connectivity index (χ0) is 34.9. The Labute approximate surface area is 279 Å². The Morgan fingerprint density at radius 1 is 1.21 bits per heavy atom. The normalized spacial score (nSPS) is 23.8. The summed E-state index contributed by atoms with van der Waals surface area (Å²) in [6, 6.07) is 12.9. The summed E-state index contributed by atoms with van der Waals surface area (Å²) in [5.74, 6) is -1.22. The van der Waals surface area contributed by atoms with Gasteiger partial charge in [0.25, 0.3) is 12.2 Å². The van der Waals surface area contributed by atoms with Crippen molar-refractivity contribution in [3.8, 4) is 6.07 Å². The summed E-state index contributed by atoms with van der Waals surface area (Å²) in [5.41, 5.74) is 4.22. The minimum absolute atomic E-state index is 0.0206. The molecule has 4 rings (SSSR count). The molecule has 2 aromatic rings. The number of aliphatic hydroxyl groups is 1. The molecule has 1 saturated heterocycles. The van der Waals surface area contributed by atoms with Crippen molar-refractivity contribution in [3.05, 3.63) is 59.4 Å². The second-order valence-corrected chi connectivity index (χ2v) is 13.1. The average Bonchev–Trinajstić information content (AvgIpc) is 3.64. The van der Waals surface area contributed by atoms with E-state index in [2.05, 4.69) is 15.3 Å². The van der Waals surface area contributed by atoms with Crippen LogP contribution in [0.2, 0.25) is 0 Å². The molecule has 1 amide bonds. The van der Waals surface area contributed by atoms with Gasteiger partial charge in [-0.05, 0) is 62.2 Å². The van der Waals surface area contributed by atoms with Gasteiger partial charge in [0.15, 0.2) is 6.10 Å². The van der Waals surface area contributed by atoms with Gasteiger partial charge in [0.2, 0.25) is 5.60 Å². The first-order valence-corrected chi connectivity index (χ1v) is 16.1. The lowest BCUT2D eigenvalue weighted by Crippen LogP contribution is -2.46. The molecule has 2 aliphatic rings. The highest BCUT2D eigenvalue weighted by molar-refractivity contribution is 5.99. The Kier molecular flexibility index (Phi) is 12.0. The number of aromatic nitrogens is 1. The maximum atomic E-state index is 13.5. The first-order chi connectivity index (χ1) is 22.8. The van der Waals surface area contributed by atoms with Crippen LogP contribution in [0.3, 0.4) is 0 Å². The lowest BCUT2D eigenvalue weighted by Gasteiger charge is -2.25. The predicted molar refractivity (Wildman–Crippen MR) is 173 cm³/mol. The van der Waals surface area contributed by atoms with Crippen LogP contribution in [0.25, 0.3) is 0 Å². The number of alkyl carbamates (subject to hydrolysis) is 1. The number of H-pyrrole nitrogens is 1. The van der Waals surface area contributed by atoms with E-state index in [9.17, 15) is 24.8 Å². The zero-order valence-corrected chi connectivity index (χ0v) is 27.5. The maximum absolute atomic E-state index is 13.5. The summed E-state index contributed by atoms with van der Waals surface area (Å²) < 4.78 is 22.9. The molecule has 0 bridgehead atoms. The number of aliphatic imine (C=N–C) groups is 1. The molecule has 48 heavy (non-hydrogen) atoms. The molecule has 2 heterocycles. The minimum atomic E-state index is -2.06. The SMILES string of the molecule is CC(C)(C)OC(=O)N[C@@H](Cc1ccccc1)C(=O)OC[C@H]1O[C@@](C#N)(c2ccc(C(N)=NC=[NH2+])[nH]2)[C@H](O)[C@@H]1OC(=O)CC1CCCCC1. The van der Waals surface area contributed by atoms with Crippen LogP contribution >= 0.6 is 0 Å². The van der Waals surface area contributed by atoms with E-state index in [4.69, 9.17) is 30.1 Å². The number of amides is 1. The van der Waals surface area contributed by atoms with Crippen LogP contribution in [-0.2, 0) is 40.6 Å². The Balaban J connectivity index is 1.57. The molecule has 1 aliphatic heterocycles. The second kappa shape index (κ2) is 15.9. The lowest BCUT2D eigenvalue weighted by molar-refractivity contribution is -0.162. The number of carbonyl (C=O) groups is 3. The number of nitrogens with zero attached hydrogens (tertiary/aromatic N) is 2. The van der Waals surface area contributed by atoms with Crippen molar-refractivity contribution in [2.24, 2.45) is 16.6 Å². The molecule has 0 radical (unpaired) electrons. The third-order valence-electron chi connectivity index (χ3n) is 8.27. The molecule has 1 aromatic heterocycles. The van der Waals surface area contributed by atoms with E-state index in [-0.39, 0.29) is 30.3 Å². The Hall–Kier alpha value is -4.74. The van der Waals surface area contributed by atoms with E-state index >= 15 is 0 Å². The van der Waals surface area contributed by atoms with Gasteiger partial charge in [-0.2, -0.15) is 5.26 Å². The number of benzene rings is 1. The number of nitrogens with one attached hydrogen (secondary N) is 2. The number of hydrogen-bond acceptors (Lipinski definition) is 9. The topological polar surface area (TPSA) is 224 Å². The number of ether oxygens (including phenoxy) is 4. The van der Waals surface area contributed by atoms with E-state index in [1.807, 2.05) is 12.1 Å². The van der Waals surface area contributed by atoms with Crippen molar-refractivity contribution < 1.29 is 43.8 Å². The molecule has 14 heteroatoms. The summed E-state index contributed by atoms with van der Waals surface area (Å²) in [6.45, 7) is 4.58. The van der Waals surface area contributed by atoms with Crippen molar-refractivity contribution in [1.29, 1.82) is 5.26 Å². The fraction of sp³-hybridized carbons (Fsp3) is 0.529. The molecular formula is C34H45N6O8+. The van der Waals surface area contributed by atoms with Crippen LogP contribution in [0.15, 0.2) is 47.5 Å².